The fourth-order valence-corrected chi connectivity index (χ4v) is 1.85. The van der Waals surface area contributed by atoms with E-state index >= 15 is 0 Å². The van der Waals surface area contributed by atoms with Crippen molar-refractivity contribution >= 4 is 6.09 Å². The van der Waals surface area contributed by atoms with Gasteiger partial charge in [0, 0.05) is 12.2 Å². The minimum Gasteiger partial charge on any atom is -0.444 e. The van der Waals surface area contributed by atoms with Crippen LogP contribution in [0.2, 0.25) is 0 Å². The van der Waals surface area contributed by atoms with Gasteiger partial charge < -0.3 is 4.74 Å². The van der Waals surface area contributed by atoms with Gasteiger partial charge in [-0.1, -0.05) is 36.4 Å². The zero-order valence-corrected chi connectivity index (χ0v) is 10.0. The molecule has 1 amide bonds. The van der Waals surface area contributed by atoms with Gasteiger partial charge in [-0.05, 0) is 25.3 Å². The van der Waals surface area contributed by atoms with Crippen LogP contribution in [-0.2, 0) is 11.3 Å². The first-order valence-electron chi connectivity index (χ1n) is 5.93. The Bertz CT molecular complexity index is 400. The molecule has 0 saturated heterocycles. The van der Waals surface area contributed by atoms with E-state index in [4.69, 9.17) is 4.74 Å². The highest BCUT2D eigenvalue weighted by atomic mass is 16.6. The minimum absolute atomic E-state index is 0.225. The van der Waals surface area contributed by atoms with E-state index in [1.807, 2.05) is 49.5 Å². The van der Waals surface area contributed by atoms with Crippen molar-refractivity contribution in [1.82, 2.24) is 4.90 Å². The predicted octanol–water partition coefficient (Wildman–Crippen LogP) is 3.32. The van der Waals surface area contributed by atoms with Crippen molar-refractivity contribution in [2.45, 2.75) is 32.4 Å². The van der Waals surface area contributed by atoms with E-state index in [1.54, 1.807) is 4.90 Å². The lowest BCUT2D eigenvalue weighted by Crippen LogP contribution is -2.36. The first-order chi connectivity index (χ1) is 8.27. The molecule has 3 heteroatoms. The van der Waals surface area contributed by atoms with Gasteiger partial charge in [-0.25, -0.2) is 4.79 Å². The quantitative estimate of drug-likeness (QED) is 0.781. The zero-order chi connectivity index (χ0) is 12.1. The molecule has 0 unspecified atom stereocenters. The van der Waals surface area contributed by atoms with Crippen molar-refractivity contribution < 1.29 is 9.53 Å². The van der Waals surface area contributed by atoms with Crippen LogP contribution in [0, 0.1) is 0 Å². The van der Waals surface area contributed by atoms with Gasteiger partial charge >= 0.3 is 6.09 Å². The zero-order valence-electron chi connectivity index (χ0n) is 10.0. The lowest BCUT2D eigenvalue weighted by atomic mass is 10.1. The van der Waals surface area contributed by atoms with E-state index < -0.39 is 0 Å². The van der Waals surface area contributed by atoms with Crippen LogP contribution in [-0.4, -0.2) is 17.0 Å². The molecule has 1 aromatic carbocycles. The third-order valence-corrected chi connectivity index (χ3v) is 2.91. The van der Waals surface area contributed by atoms with E-state index in [2.05, 4.69) is 0 Å². The number of allylic oxidation sites excluding steroid dienone is 1. The number of nitrogens with zero attached hydrogens (tertiary/aromatic N) is 1. The molecule has 17 heavy (non-hydrogen) atoms. The van der Waals surface area contributed by atoms with Crippen molar-refractivity contribution in [2.75, 3.05) is 0 Å². The fraction of sp³-hybridized carbons (Fsp3) is 0.357. The first-order valence-corrected chi connectivity index (χ1v) is 5.93. The Balaban J connectivity index is 1.89. The number of amides is 1. The van der Waals surface area contributed by atoms with E-state index in [-0.39, 0.29) is 12.1 Å². The summed E-state index contributed by atoms with van der Waals surface area (Å²) in [6.07, 6.45) is 5.59. The molecule has 0 aromatic heterocycles. The molecule has 1 aliphatic heterocycles. The van der Waals surface area contributed by atoms with Gasteiger partial charge in [-0.2, -0.15) is 0 Å². The third kappa shape index (κ3) is 3.09. The highest BCUT2D eigenvalue weighted by Gasteiger charge is 2.20. The molecule has 1 atom stereocenters. The largest absolute Gasteiger partial charge is 0.444 e. The van der Waals surface area contributed by atoms with Crippen LogP contribution in [0.15, 0.2) is 42.6 Å². The summed E-state index contributed by atoms with van der Waals surface area (Å²) >= 11 is 0. The summed E-state index contributed by atoms with van der Waals surface area (Å²) in [6.45, 7) is 2.37. The number of hydrogen-bond acceptors (Lipinski definition) is 2. The summed E-state index contributed by atoms with van der Waals surface area (Å²) in [5, 5.41) is 0. The van der Waals surface area contributed by atoms with E-state index in [0.717, 1.165) is 18.4 Å². The van der Waals surface area contributed by atoms with Crippen molar-refractivity contribution in [2.24, 2.45) is 0 Å². The number of hydrogen-bond donors (Lipinski definition) is 0. The number of rotatable bonds is 2. The summed E-state index contributed by atoms with van der Waals surface area (Å²) in [4.78, 5) is 13.5. The Labute approximate surface area is 102 Å². The van der Waals surface area contributed by atoms with Crippen LogP contribution in [0.3, 0.4) is 0 Å². The summed E-state index contributed by atoms with van der Waals surface area (Å²) in [7, 11) is 0. The Kier molecular flexibility index (Phi) is 3.81. The molecule has 1 aromatic rings. The molecular formula is C14H17NO2. The fourth-order valence-electron chi connectivity index (χ4n) is 1.85. The number of carbonyl (C=O) groups excluding carboxylic acids is 1. The molecule has 0 radical (unpaired) electrons. The molecule has 2 rings (SSSR count). The molecule has 0 bridgehead atoms. The second kappa shape index (κ2) is 5.53. The maximum atomic E-state index is 11.8. The molecule has 1 aliphatic rings. The molecule has 1 heterocycles. The van der Waals surface area contributed by atoms with Gasteiger partial charge in [0.2, 0.25) is 0 Å². The summed E-state index contributed by atoms with van der Waals surface area (Å²) in [5.74, 6) is 0. The number of carbonyl (C=O) groups is 1. The molecule has 0 aliphatic carbocycles. The van der Waals surface area contributed by atoms with Crippen LogP contribution in [0.1, 0.15) is 25.3 Å². The number of benzene rings is 1. The predicted molar refractivity (Wildman–Crippen MR) is 66.3 cm³/mol. The summed E-state index contributed by atoms with van der Waals surface area (Å²) in [6, 6.07) is 9.94. The molecule has 0 N–H and O–H groups in total. The second-order valence-electron chi connectivity index (χ2n) is 4.26. The standard InChI is InChI=1S/C14H17NO2/c1-12-7-5-6-10-15(12)14(16)17-11-13-8-3-2-4-9-13/h2-4,6,8-10,12H,5,7,11H2,1H3/t12-/m0/s1. The second-order valence-corrected chi connectivity index (χ2v) is 4.26. The first kappa shape index (κ1) is 11.7. The maximum Gasteiger partial charge on any atom is 0.414 e. The van der Waals surface area contributed by atoms with Gasteiger partial charge in [-0.3, -0.25) is 4.90 Å². The maximum absolute atomic E-state index is 11.8. The van der Waals surface area contributed by atoms with E-state index in [0.29, 0.717) is 6.61 Å². The molecular weight excluding hydrogens is 214 g/mol. The molecule has 0 spiro atoms. The SMILES string of the molecule is C[C@H]1CCC=CN1C(=O)OCc1ccccc1. The summed E-state index contributed by atoms with van der Waals surface area (Å²) in [5.41, 5.74) is 1.01. The average molecular weight is 231 g/mol. The van der Waals surface area contributed by atoms with E-state index in [1.165, 1.54) is 0 Å². The average Bonchev–Trinajstić information content (AvgIpc) is 2.38. The van der Waals surface area contributed by atoms with Crippen molar-refractivity contribution in [3.05, 3.63) is 48.2 Å². The van der Waals surface area contributed by atoms with Crippen LogP contribution in [0.25, 0.3) is 0 Å². The van der Waals surface area contributed by atoms with Gasteiger partial charge in [-0.15, -0.1) is 0 Å². The van der Waals surface area contributed by atoms with Crippen LogP contribution < -0.4 is 0 Å². The monoisotopic (exact) mass is 231 g/mol. The van der Waals surface area contributed by atoms with Crippen molar-refractivity contribution in [3.63, 3.8) is 0 Å². The van der Waals surface area contributed by atoms with Gasteiger partial charge in [0.25, 0.3) is 0 Å². The van der Waals surface area contributed by atoms with Crippen molar-refractivity contribution in [1.29, 1.82) is 0 Å². The highest BCUT2D eigenvalue weighted by molar-refractivity contribution is 5.69. The Morgan fingerprint density at radius 2 is 2.18 bits per heavy atom. The van der Waals surface area contributed by atoms with Crippen LogP contribution >= 0.6 is 0 Å². The number of ether oxygens (including phenoxy) is 1. The molecule has 0 saturated carbocycles. The molecule has 90 valence electrons. The summed E-state index contributed by atoms with van der Waals surface area (Å²) < 4.78 is 5.27. The Morgan fingerprint density at radius 3 is 2.88 bits per heavy atom. The Morgan fingerprint density at radius 1 is 1.41 bits per heavy atom. The van der Waals surface area contributed by atoms with Crippen molar-refractivity contribution in [3.8, 4) is 0 Å². The lowest BCUT2D eigenvalue weighted by Gasteiger charge is -2.27. The Hall–Kier alpha value is -1.77. The highest BCUT2D eigenvalue weighted by Crippen LogP contribution is 2.15. The lowest BCUT2D eigenvalue weighted by molar-refractivity contribution is 0.0977. The topological polar surface area (TPSA) is 29.5 Å². The minimum atomic E-state index is -0.266. The molecule has 3 nitrogen and oxygen atoms in total. The third-order valence-electron chi connectivity index (χ3n) is 2.91. The smallest absolute Gasteiger partial charge is 0.414 e. The van der Waals surface area contributed by atoms with Gasteiger partial charge in [0.15, 0.2) is 0 Å². The van der Waals surface area contributed by atoms with E-state index in [9.17, 15) is 4.79 Å². The van der Waals surface area contributed by atoms with Gasteiger partial charge in [0.05, 0.1) is 0 Å². The normalized spacial score (nSPS) is 19.1. The molecule has 0 fully saturated rings. The van der Waals surface area contributed by atoms with Crippen LogP contribution in [0.4, 0.5) is 4.79 Å². The van der Waals surface area contributed by atoms with Gasteiger partial charge in [0.1, 0.15) is 6.61 Å². The van der Waals surface area contributed by atoms with Crippen LogP contribution in [0.5, 0.6) is 0 Å².